The van der Waals surface area contributed by atoms with Crippen LogP contribution in [0.25, 0.3) is 0 Å². The highest BCUT2D eigenvalue weighted by Crippen LogP contribution is 2.35. The van der Waals surface area contributed by atoms with Gasteiger partial charge in [0.1, 0.15) is 0 Å². The van der Waals surface area contributed by atoms with Crippen molar-refractivity contribution in [2.24, 2.45) is 5.41 Å². The van der Waals surface area contributed by atoms with Gasteiger partial charge in [-0.05, 0) is 47.2 Å². The molecular weight excluding hydrogens is 294 g/mol. The van der Waals surface area contributed by atoms with Crippen LogP contribution in [0, 0.1) is 5.41 Å². The lowest BCUT2D eigenvalue weighted by molar-refractivity contribution is 0.202. The van der Waals surface area contributed by atoms with Gasteiger partial charge in [0.2, 0.25) is 0 Å². The first-order valence-electron chi connectivity index (χ1n) is 6.56. The minimum absolute atomic E-state index is 0.477. The Bertz CT molecular complexity index is 355. The molecule has 2 rings (SSSR count). The van der Waals surface area contributed by atoms with Crippen LogP contribution >= 0.6 is 27.3 Å². The van der Waals surface area contributed by atoms with E-state index in [9.17, 15) is 0 Å². The zero-order chi connectivity index (χ0) is 12.3. The minimum atomic E-state index is 0.477. The molecule has 0 bridgehead atoms. The lowest BCUT2D eigenvalue weighted by Gasteiger charge is -2.34. The number of thiophene rings is 1. The molecule has 1 nitrogen and oxygen atoms in total. The molecule has 0 aromatic carbocycles. The molecule has 17 heavy (non-hydrogen) atoms. The lowest BCUT2D eigenvalue weighted by Crippen LogP contribution is -2.34. The van der Waals surface area contributed by atoms with Crippen LogP contribution < -0.4 is 5.32 Å². The van der Waals surface area contributed by atoms with E-state index in [0.29, 0.717) is 11.5 Å². The summed E-state index contributed by atoms with van der Waals surface area (Å²) in [5.41, 5.74) is 0.529. The van der Waals surface area contributed by atoms with E-state index in [0.717, 1.165) is 6.54 Å². The molecule has 1 aromatic heterocycles. The van der Waals surface area contributed by atoms with E-state index in [1.54, 1.807) is 0 Å². The maximum absolute atomic E-state index is 3.71. The SMILES string of the molecule is CC(NCC1(C)CCCCC1)c1cc(Br)cs1. The molecule has 0 aliphatic heterocycles. The number of nitrogens with one attached hydrogen (secondary N) is 1. The van der Waals surface area contributed by atoms with E-state index >= 15 is 0 Å². The van der Waals surface area contributed by atoms with Gasteiger partial charge in [0.25, 0.3) is 0 Å². The van der Waals surface area contributed by atoms with Crippen LogP contribution in [0.4, 0.5) is 0 Å². The Kier molecular flexibility index (Phi) is 4.67. The van der Waals surface area contributed by atoms with Gasteiger partial charge < -0.3 is 5.32 Å². The third-order valence-electron chi connectivity index (χ3n) is 3.91. The molecule has 0 radical (unpaired) electrons. The van der Waals surface area contributed by atoms with Gasteiger partial charge in [-0.2, -0.15) is 0 Å². The maximum atomic E-state index is 3.71. The van der Waals surface area contributed by atoms with Crippen LogP contribution in [-0.4, -0.2) is 6.54 Å². The maximum Gasteiger partial charge on any atom is 0.0386 e. The number of halogens is 1. The Hall–Kier alpha value is 0.140. The summed E-state index contributed by atoms with van der Waals surface area (Å²) in [5, 5.41) is 5.87. The highest BCUT2D eigenvalue weighted by molar-refractivity contribution is 9.10. The molecule has 1 N–H and O–H groups in total. The standard InChI is InChI=1S/C14H22BrNS/c1-11(13-8-12(15)9-17-13)16-10-14(2)6-4-3-5-7-14/h8-9,11,16H,3-7,10H2,1-2H3. The molecule has 1 unspecified atom stereocenters. The second-order valence-electron chi connectivity index (χ2n) is 5.64. The van der Waals surface area contributed by atoms with E-state index < -0.39 is 0 Å². The van der Waals surface area contributed by atoms with Crippen LogP contribution in [0.15, 0.2) is 15.9 Å². The van der Waals surface area contributed by atoms with Crippen molar-refractivity contribution in [2.75, 3.05) is 6.54 Å². The topological polar surface area (TPSA) is 12.0 Å². The highest BCUT2D eigenvalue weighted by atomic mass is 79.9. The summed E-state index contributed by atoms with van der Waals surface area (Å²) in [6.07, 6.45) is 7.04. The largest absolute Gasteiger partial charge is 0.309 e. The Morgan fingerprint density at radius 2 is 2.12 bits per heavy atom. The van der Waals surface area contributed by atoms with E-state index in [-0.39, 0.29) is 0 Å². The van der Waals surface area contributed by atoms with Gasteiger partial charge >= 0.3 is 0 Å². The summed E-state index contributed by atoms with van der Waals surface area (Å²) in [7, 11) is 0. The van der Waals surface area contributed by atoms with E-state index in [1.165, 1.54) is 41.5 Å². The monoisotopic (exact) mass is 315 g/mol. The van der Waals surface area contributed by atoms with Crippen molar-refractivity contribution in [3.63, 3.8) is 0 Å². The average Bonchev–Trinajstić information content (AvgIpc) is 2.74. The Morgan fingerprint density at radius 3 is 2.71 bits per heavy atom. The first-order chi connectivity index (χ1) is 8.09. The number of rotatable bonds is 4. The van der Waals surface area contributed by atoms with Gasteiger partial charge in [-0.25, -0.2) is 0 Å². The number of hydrogen-bond donors (Lipinski definition) is 1. The molecule has 1 saturated carbocycles. The zero-order valence-electron chi connectivity index (χ0n) is 10.8. The summed E-state index contributed by atoms with van der Waals surface area (Å²) in [6, 6.07) is 2.70. The van der Waals surface area contributed by atoms with Crippen LogP contribution in [-0.2, 0) is 0 Å². The molecule has 1 atom stereocenters. The third-order valence-corrected chi connectivity index (χ3v) is 5.79. The van der Waals surface area contributed by atoms with Crippen LogP contribution in [0.1, 0.15) is 56.9 Å². The number of hydrogen-bond acceptors (Lipinski definition) is 2. The second-order valence-corrected chi connectivity index (χ2v) is 7.50. The first-order valence-corrected chi connectivity index (χ1v) is 8.24. The van der Waals surface area contributed by atoms with Crippen molar-refractivity contribution in [1.82, 2.24) is 5.32 Å². The van der Waals surface area contributed by atoms with Crippen LogP contribution in [0.2, 0.25) is 0 Å². The molecule has 1 heterocycles. The summed E-state index contributed by atoms with van der Waals surface area (Å²) in [6.45, 7) is 5.87. The molecule has 1 aliphatic carbocycles. The molecule has 1 aromatic rings. The quantitative estimate of drug-likeness (QED) is 0.812. The van der Waals surface area contributed by atoms with Gasteiger partial charge in [-0.15, -0.1) is 11.3 Å². The fourth-order valence-corrected chi connectivity index (χ4v) is 4.12. The third kappa shape index (κ3) is 3.80. The summed E-state index contributed by atoms with van der Waals surface area (Å²) in [5.74, 6) is 0. The fraction of sp³-hybridized carbons (Fsp3) is 0.714. The molecule has 3 heteroatoms. The fourth-order valence-electron chi connectivity index (χ4n) is 2.64. The minimum Gasteiger partial charge on any atom is -0.309 e. The van der Waals surface area contributed by atoms with Crippen LogP contribution in [0.3, 0.4) is 0 Å². The Labute approximate surface area is 117 Å². The summed E-state index contributed by atoms with van der Waals surface area (Å²) >= 11 is 5.36. The molecule has 96 valence electrons. The van der Waals surface area contributed by atoms with Gasteiger partial charge in [-0.1, -0.05) is 26.2 Å². The molecule has 0 spiro atoms. The van der Waals surface area contributed by atoms with Crippen molar-refractivity contribution < 1.29 is 0 Å². The van der Waals surface area contributed by atoms with Gasteiger partial charge in [-0.3, -0.25) is 0 Å². The van der Waals surface area contributed by atoms with Crippen molar-refractivity contribution >= 4 is 27.3 Å². The molecule has 0 amide bonds. The molecule has 0 saturated heterocycles. The first kappa shape index (κ1) is 13.6. The van der Waals surface area contributed by atoms with Crippen molar-refractivity contribution in [3.05, 3.63) is 20.8 Å². The highest BCUT2D eigenvalue weighted by Gasteiger charge is 2.27. The Balaban J connectivity index is 1.85. The molecular formula is C14H22BrNS. The van der Waals surface area contributed by atoms with Gasteiger partial charge in [0.15, 0.2) is 0 Å². The van der Waals surface area contributed by atoms with E-state index in [1.807, 2.05) is 11.3 Å². The molecule has 1 fully saturated rings. The van der Waals surface area contributed by atoms with Gasteiger partial charge in [0, 0.05) is 27.3 Å². The predicted molar refractivity (Wildman–Crippen MR) is 79.6 cm³/mol. The second kappa shape index (κ2) is 5.85. The lowest BCUT2D eigenvalue weighted by atomic mass is 9.75. The van der Waals surface area contributed by atoms with E-state index in [2.05, 4.69) is 46.5 Å². The molecule has 1 aliphatic rings. The predicted octanol–water partition coefficient (Wildman–Crippen LogP) is 5.13. The van der Waals surface area contributed by atoms with Gasteiger partial charge in [0.05, 0.1) is 0 Å². The van der Waals surface area contributed by atoms with Crippen LogP contribution in [0.5, 0.6) is 0 Å². The van der Waals surface area contributed by atoms with Crippen molar-refractivity contribution in [3.8, 4) is 0 Å². The normalized spacial score (nSPS) is 21.4. The van der Waals surface area contributed by atoms with Crippen molar-refractivity contribution in [1.29, 1.82) is 0 Å². The smallest absolute Gasteiger partial charge is 0.0386 e. The Morgan fingerprint density at radius 1 is 1.41 bits per heavy atom. The van der Waals surface area contributed by atoms with E-state index in [4.69, 9.17) is 0 Å². The summed E-state index contributed by atoms with van der Waals surface area (Å²) in [4.78, 5) is 1.43. The average molecular weight is 316 g/mol. The zero-order valence-corrected chi connectivity index (χ0v) is 13.2. The van der Waals surface area contributed by atoms with Crippen molar-refractivity contribution in [2.45, 2.75) is 52.0 Å². The summed E-state index contributed by atoms with van der Waals surface area (Å²) < 4.78 is 1.20.